The summed E-state index contributed by atoms with van der Waals surface area (Å²) in [5.41, 5.74) is -0.410. The fraction of sp³-hybridized carbons (Fsp3) is 0.389. The maximum atomic E-state index is 12.6. The molecule has 1 aliphatic rings. The van der Waals surface area contributed by atoms with E-state index in [1.165, 1.54) is 18.3 Å². The zero-order valence-electron chi connectivity index (χ0n) is 15.1. The lowest BCUT2D eigenvalue weighted by Gasteiger charge is -2.35. The van der Waals surface area contributed by atoms with E-state index in [0.717, 1.165) is 12.3 Å². The van der Waals surface area contributed by atoms with E-state index in [4.69, 9.17) is 4.74 Å². The number of anilines is 1. The monoisotopic (exact) mass is 396 g/mol. The Labute approximate surface area is 158 Å². The number of nitrogens with zero attached hydrogens (tertiary/aromatic N) is 3. The molecular formula is C18H19F3N4O3. The van der Waals surface area contributed by atoms with Crippen molar-refractivity contribution in [3.05, 3.63) is 52.1 Å². The van der Waals surface area contributed by atoms with Gasteiger partial charge in [-0.05, 0) is 19.1 Å². The molecule has 3 heterocycles. The second-order valence-corrected chi connectivity index (χ2v) is 6.40. The van der Waals surface area contributed by atoms with Crippen LogP contribution in [0.3, 0.4) is 0 Å². The zero-order valence-corrected chi connectivity index (χ0v) is 15.1. The molecule has 0 radical (unpaired) electrons. The Bertz CT molecular complexity index is 888. The molecule has 1 fully saturated rings. The SMILES string of the molecule is Cc1cc(=O)c(OCC(=O)N2CCN(c3ccc(C(F)(F)F)cn3)CC2)c[nH]1. The first-order valence-electron chi connectivity index (χ1n) is 8.62. The lowest BCUT2D eigenvalue weighted by atomic mass is 10.2. The number of amides is 1. The number of nitrogens with one attached hydrogen (secondary N) is 1. The van der Waals surface area contributed by atoms with E-state index in [1.807, 2.05) is 4.90 Å². The molecule has 3 rings (SSSR count). The number of alkyl halides is 3. The predicted octanol–water partition coefficient (Wildman–Crippen LogP) is 1.82. The zero-order chi connectivity index (χ0) is 20.3. The van der Waals surface area contributed by atoms with Crippen molar-refractivity contribution in [2.24, 2.45) is 0 Å². The van der Waals surface area contributed by atoms with Crippen molar-refractivity contribution in [1.29, 1.82) is 0 Å². The number of rotatable bonds is 4. The van der Waals surface area contributed by atoms with E-state index in [9.17, 15) is 22.8 Å². The van der Waals surface area contributed by atoms with Crippen LogP contribution >= 0.6 is 0 Å². The first-order valence-corrected chi connectivity index (χ1v) is 8.62. The van der Waals surface area contributed by atoms with Crippen LogP contribution in [0, 0.1) is 6.92 Å². The summed E-state index contributed by atoms with van der Waals surface area (Å²) in [4.78, 5) is 34.2. The van der Waals surface area contributed by atoms with E-state index < -0.39 is 11.7 Å². The number of hydrogen-bond donors (Lipinski definition) is 1. The molecule has 7 nitrogen and oxygen atoms in total. The Balaban J connectivity index is 1.52. The molecule has 28 heavy (non-hydrogen) atoms. The van der Waals surface area contributed by atoms with Gasteiger partial charge in [-0.3, -0.25) is 9.59 Å². The van der Waals surface area contributed by atoms with E-state index in [2.05, 4.69) is 9.97 Å². The van der Waals surface area contributed by atoms with E-state index >= 15 is 0 Å². The molecule has 0 aliphatic carbocycles. The average Bonchev–Trinajstić information content (AvgIpc) is 2.67. The Kier molecular flexibility index (Phi) is 5.57. The molecular weight excluding hydrogens is 377 g/mol. The van der Waals surface area contributed by atoms with Crippen LogP contribution in [0.2, 0.25) is 0 Å². The van der Waals surface area contributed by atoms with Crippen molar-refractivity contribution in [3.63, 3.8) is 0 Å². The summed E-state index contributed by atoms with van der Waals surface area (Å²) in [7, 11) is 0. The standard InChI is InChI=1S/C18H19F3N4O3/c1-12-8-14(26)15(10-22-12)28-11-17(27)25-6-4-24(5-7-25)16-3-2-13(9-23-16)18(19,20)21/h2-3,8-10H,4-7,11H2,1H3,(H,22,26). The molecule has 2 aromatic rings. The third-order valence-corrected chi connectivity index (χ3v) is 4.40. The number of aromatic nitrogens is 2. The van der Waals surface area contributed by atoms with Gasteiger partial charge < -0.3 is 19.5 Å². The number of aromatic amines is 1. The lowest BCUT2D eigenvalue weighted by Crippen LogP contribution is -2.50. The van der Waals surface area contributed by atoms with Gasteiger partial charge in [-0.1, -0.05) is 0 Å². The highest BCUT2D eigenvalue weighted by atomic mass is 19.4. The van der Waals surface area contributed by atoms with Gasteiger partial charge in [-0.25, -0.2) is 4.98 Å². The topological polar surface area (TPSA) is 78.5 Å². The molecule has 1 N–H and O–H groups in total. The summed E-state index contributed by atoms with van der Waals surface area (Å²) in [6.45, 7) is 3.13. The number of carbonyl (C=O) groups is 1. The molecule has 0 aromatic carbocycles. The van der Waals surface area contributed by atoms with Gasteiger partial charge in [0.15, 0.2) is 12.4 Å². The van der Waals surface area contributed by atoms with E-state index in [0.29, 0.717) is 37.7 Å². The first-order chi connectivity index (χ1) is 13.2. The van der Waals surface area contributed by atoms with Gasteiger partial charge in [-0.15, -0.1) is 0 Å². The number of aryl methyl sites for hydroxylation is 1. The van der Waals surface area contributed by atoms with Crippen molar-refractivity contribution in [2.75, 3.05) is 37.7 Å². The summed E-state index contributed by atoms with van der Waals surface area (Å²) in [6.07, 6.45) is -2.20. The third kappa shape index (κ3) is 4.62. The summed E-state index contributed by atoms with van der Waals surface area (Å²) in [5.74, 6) is 0.245. The Morgan fingerprint density at radius 2 is 1.96 bits per heavy atom. The fourth-order valence-corrected chi connectivity index (χ4v) is 2.83. The Morgan fingerprint density at radius 1 is 1.25 bits per heavy atom. The van der Waals surface area contributed by atoms with Crippen LogP contribution < -0.4 is 15.1 Å². The number of piperazine rings is 1. The number of H-pyrrole nitrogens is 1. The van der Waals surface area contributed by atoms with Crippen molar-refractivity contribution >= 4 is 11.7 Å². The lowest BCUT2D eigenvalue weighted by molar-refractivity contribution is -0.138. The molecule has 0 atom stereocenters. The predicted molar refractivity (Wildman–Crippen MR) is 95.3 cm³/mol. The largest absolute Gasteiger partial charge is 0.478 e. The van der Waals surface area contributed by atoms with Crippen LogP contribution in [0.25, 0.3) is 0 Å². The first kappa shape index (κ1) is 19.7. The minimum Gasteiger partial charge on any atom is -0.478 e. The van der Waals surface area contributed by atoms with Crippen LogP contribution in [0.15, 0.2) is 35.4 Å². The minimum atomic E-state index is -4.42. The molecule has 150 valence electrons. The molecule has 0 saturated carbocycles. The number of halogens is 3. The average molecular weight is 396 g/mol. The van der Waals surface area contributed by atoms with Crippen molar-refractivity contribution in [1.82, 2.24) is 14.9 Å². The molecule has 2 aromatic heterocycles. The summed E-state index contributed by atoms with van der Waals surface area (Å²) in [6, 6.07) is 3.70. The van der Waals surface area contributed by atoms with Crippen LogP contribution in [0.4, 0.5) is 19.0 Å². The molecule has 0 spiro atoms. The maximum absolute atomic E-state index is 12.6. The van der Waals surface area contributed by atoms with E-state index in [1.54, 1.807) is 11.8 Å². The highest BCUT2D eigenvalue weighted by molar-refractivity contribution is 5.78. The van der Waals surface area contributed by atoms with Gasteiger partial charge in [0.2, 0.25) is 5.43 Å². The molecule has 1 amide bonds. The summed E-state index contributed by atoms with van der Waals surface area (Å²) < 4.78 is 43.1. The molecule has 0 bridgehead atoms. The fourth-order valence-electron chi connectivity index (χ4n) is 2.83. The second-order valence-electron chi connectivity index (χ2n) is 6.40. The van der Waals surface area contributed by atoms with Gasteiger partial charge in [0.25, 0.3) is 5.91 Å². The van der Waals surface area contributed by atoms with Gasteiger partial charge in [0.1, 0.15) is 5.82 Å². The van der Waals surface area contributed by atoms with Gasteiger partial charge in [0, 0.05) is 50.3 Å². The quantitative estimate of drug-likeness (QED) is 0.853. The number of carbonyl (C=O) groups excluding carboxylic acids is 1. The smallest absolute Gasteiger partial charge is 0.417 e. The van der Waals surface area contributed by atoms with Crippen LogP contribution in [-0.2, 0) is 11.0 Å². The number of ether oxygens (including phenoxy) is 1. The van der Waals surface area contributed by atoms with Gasteiger partial charge in [0.05, 0.1) is 5.56 Å². The minimum absolute atomic E-state index is 0.0755. The van der Waals surface area contributed by atoms with Crippen LogP contribution in [-0.4, -0.2) is 53.6 Å². The van der Waals surface area contributed by atoms with Gasteiger partial charge in [-0.2, -0.15) is 13.2 Å². The molecule has 1 saturated heterocycles. The maximum Gasteiger partial charge on any atom is 0.417 e. The normalized spacial score (nSPS) is 14.9. The third-order valence-electron chi connectivity index (χ3n) is 4.40. The number of hydrogen-bond acceptors (Lipinski definition) is 5. The summed E-state index contributed by atoms with van der Waals surface area (Å²) >= 11 is 0. The summed E-state index contributed by atoms with van der Waals surface area (Å²) in [5, 5.41) is 0. The molecule has 0 unspecified atom stereocenters. The van der Waals surface area contributed by atoms with Gasteiger partial charge >= 0.3 is 6.18 Å². The number of pyridine rings is 2. The highest BCUT2D eigenvalue weighted by Gasteiger charge is 2.31. The van der Waals surface area contributed by atoms with E-state index in [-0.39, 0.29) is 23.7 Å². The van der Waals surface area contributed by atoms with Crippen molar-refractivity contribution in [3.8, 4) is 5.75 Å². The second kappa shape index (κ2) is 7.91. The molecule has 1 aliphatic heterocycles. The molecule has 10 heteroatoms. The Morgan fingerprint density at radius 3 is 2.54 bits per heavy atom. The Hall–Kier alpha value is -3.04. The van der Waals surface area contributed by atoms with Crippen LogP contribution in [0.5, 0.6) is 5.75 Å². The van der Waals surface area contributed by atoms with Crippen molar-refractivity contribution in [2.45, 2.75) is 13.1 Å². The van der Waals surface area contributed by atoms with Crippen LogP contribution in [0.1, 0.15) is 11.3 Å². The van der Waals surface area contributed by atoms with Crippen molar-refractivity contribution < 1.29 is 22.7 Å². The highest BCUT2D eigenvalue weighted by Crippen LogP contribution is 2.29.